The van der Waals surface area contributed by atoms with Gasteiger partial charge in [0.1, 0.15) is 0 Å². The highest BCUT2D eigenvalue weighted by Crippen LogP contribution is 2.15. The predicted octanol–water partition coefficient (Wildman–Crippen LogP) is 0.980. The Kier molecular flexibility index (Phi) is 7.93. The van der Waals surface area contributed by atoms with E-state index in [4.69, 9.17) is 9.84 Å². The average Bonchev–Trinajstić information content (AvgIpc) is 2.10. The highest BCUT2D eigenvalue weighted by atomic mass is 32.2. The molecule has 2 N–H and O–H groups in total. The van der Waals surface area contributed by atoms with Crippen molar-refractivity contribution in [3.8, 4) is 0 Å². The summed E-state index contributed by atoms with van der Waals surface area (Å²) < 4.78 is 5.03. The van der Waals surface area contributed by atoms with E-state index in [-0.39, 0.29) is 11.7 Å². The number of rotatable bonds is 8. The normalized spacial score (nSPS) is 15.1. The minimum absolute atomic E-state index is 0.0313. The Labute approximate surface area is 88.6 Å². The molecule has 0 aliphatic rings. The number of hydrogen-bond acceptors (Lipinski definition) is 4. The lowest BCUT2D eigenvalue weighted by Crippen LogP contribution is -2.20. The minimum Gasteiger partial charge on any atom is -0.481 e. The zero-order valence-electron chi connectivity index (χ0n) is 8.60. The summed E-state index contributed by atoms with van der Waals surface area (Å²) in [4.78, 5) is 10.3. The van der Waals surface area contributed by atoms with Gasteiger partial charge in [-0.25, -0.2) is 0 Å². The highest BCUT2D eigenvalue weighted by molar-refractivity contribution is 7.99. The Bertz CT molecular complexity index is 163. The first-order chi connectivity index (χ1) is 6.56. The second kappa shape index (κ2) is 8.08. The summed E-state index contributed by atoms with van der Waals surface area (Å²) in [7, 11) is 0. The first-order valence-electron chi connectivity index (χ1n) is 4.65. The molecule has 0 amide bonds. The third-order valence-corrected chi connectivity index (χ3v) is 2.86. The lowest BCUT2D eigenvalue weighted by molar-refractivity contribution is -0.136. The summed E-state index contributed by atoms with van der Waals surface area (Å²) >= 11 is 1.45. The number of aliphatic hydroxyl groups is 1. The number of aliphatic carboxylic acids is 1. The molecule has 0 saturated heterocycles. The van der Waals surface area contributed by atoms with Crippen LogP contribution in [0.3, 0.4) is 0 Å². The van der Waals surface area contributed by atoms with Crippen molar-refractivity contribution in [3.05, 3.63) is 0 Å². The van der Waals surface area contributed by atoms with Gasteiger partial charge in [0.2, 0.25) is 0 Å². The second-order valence-corrected chi connectivity index (χ2v) is 4.53. The van der Waals surface area contributed by atoms with Crippen LogP contribution in [0.4, 0.5) is 0 Å². The first kappa shape index (κ1) is 13.7. The lowest BCUT2D eigenvalue weighted by atomic mass is 10.3. The lowest BCUT2D eigenvalue weighted by Gasteiger charge is -2.13. The van der Waals surface area contributed by atoms with E-state index in [9.17, 15) is 9.90 Å². The fraction of sp³-hybridized carbons (Fsp3) is 0.889. The second-order valence-electron chi connectivity index (χ2n) is 3.06. The average molecular weight is 222 g/mol. The van der Waals surface area contributed by atoms with Crippen LogP contribution in [-0.4, -0.2) is 46.5 Å². The molecule has 0 spiro atoms. The SMILES string of the molecule is CCOCC(O)CSC(C)CC(=O)O. The molecule has 0 bridgehead atoms. The third-order valence-electron chi connectivity index (χ3n) is 1.55. The van der Waals surface area contributed by atoms with Crippen LogP contribution in [0.1, 0.15) is 20.3 Å². The minimum atomic E-state index is -0.802. The number of hydrogen-bond donors (Lipinski definition) is 2. The molecule has 84 valence electrons. The summed E-state index contributed by atoms with van der Waals surface area (Å²) in [5.74, 6) is -0.279. The van der Waals surface area contributed by atoms with Crippen LogP contribution >= 0.6 is 11.8 Å². The van der Waals surface area contributed by atoms with E-state index in [0.717, 1.165) is 0 Å². The van der Waals surface area contributed by atoms with Crippen molar-refractivity contribution >= 4 is 17.7 Å². The van der Waals surface area contributed by atoms with E-state index in [1.807, 2.05) is 13.8 Å². The predicted molar refractivity (Wildman–Crippen MR) is 56.7 cm³/mol. The number of thioether (sulfide) groups is 1. The van der Waals surface area contributed by atoms with E-state index in [1.54, 1.807) is 0 Å². The summed E-state index contributed by atoms with van der Waals surface area (Å²) in [5.41, 5.74) is 0. The van der Waals surface area contributed by atoms with Gasteiger partial charge < -0.3 is 14.9 Å². The van der Waals surface area contributed by atoms with E-state index in [1.165, 1.54) is 11.8 Å². The van der Waals surface area contributed by atoms with E-state index in [2.05, 4.69) is 0 Å². The van der Waals surface area contributed by atoms with Gasteiger partial charge >= 0.3 is 5.97 Å². The summed E-state index contributed by atoms with van der Waals surface area (Å²) in [5, 5.41) is 17.9. The number of carboxylic acids is 1. The van der Waals surface area contributed by atoms with E-state index >= 15 is 0 Å². The van der Waals surface area contributed by atoms with Crippen molar-refractivity contribution in [2.45, 2.75) is 31.6 Å². The number of carboxylic acid groups (broad SMARTS) is 1. The van der Waals surface area contributed by atoms with Crippen LogP contribution in [0.25, 0.3) is 0 Å². The van der Waals surface area contributed by atoms with Crippen molar-refractivity contribution in [2.75, 3.05) is 19.0 Å². The Balaban J connectivity index is 3.45. The topological polar surface area (TPSA) is 66.8 Å². The smallest absolute Gasteiger partial charge is 0.304 e. The third kappa shape index (κ3) is 8.34. The molecular formula is C9H18O4S. The summed E-state index contributed by atoms with van der Waals surface area (Å²) in [6.45, 7) is 4.62. The zero-order chi connectivity index (χ0) is 11.0. The molecule has 0 rings (SSSR count). The van der Waals surface area contributed by atoms with E-state index < -0.39 is 12.1 Å². The molecule has 0 aromatic rings. The van der Waals surface area contributed by atoms with Gasteiger partial charge in [-0.2, -0.15) is 11.8 Å². The van der Waals surface area contributed by atoms with E-state index in [0.29, 0.717) is 19.0 Å². The molecule has 0 aliphatic heterocycles. The standard InChI is InChI=1S/C9H18O4S/c1-3-13-5-8(10)6-14-7(2)4-9(11)12/h7-8,10H,3-6H2,1-2H3,(H,11,12). The van der Waals surface area contributed by atoms with Crippen LogP contribution < -0.4 is 0 Å². The van der Waals surface area contributed by atoms with Crippen molar-refractivity contribution in [2.24, 2.45) is 0 Å². The number of aliphatic hydroxyl groups excluding tert-OH is 1. The van der Waals surface area contributed by atoms with Gasteiger partial charge in [-0.15, -0.1) is 0 Å². The fourth-order valence-electron chi connectivity index (χ4n) is 0.882. The fourth-order valence-corrected chi connectivity index (χ4v) is 1.79. The molecule has 0 heterocycles. The Morgan fingerprint density at radius 2 is 2.21 bits per heavy atom. The molecule has 4 nitrogen and oxygen atoms in total. The molecule has 5 heteroatoms. The van der Waals surface area contributed by atoms with Crippen molar-refractivity contribution < 1.29 is 19.7 Å². The van der Waals surface area contributed by atoms with Crippen molar-refractivity contribution in [1.29, 1.82) is 0 Å². The number of ether oxygens (including phenoxy) is 1. The molecule has 0 saturated carbocycles. The van der Waals surface area contributed by atoms with Crippen LogP contribution in [-0.2, 0) is 9.53 Å². The summed E-state index contributed by atoms with van der Waals surface area (Å²) in [6.07, 6.45) is -0.373. The molecule has 2 unspecified atom stereocenters. The largest absolute Gasteiger partial charge is 0.481 e. The van der Waals surface area contributed by atoms with Gasteiger partial charge in [-0.1, -0.05) is 6.92 Å². The molecule has 14 heavy (non-hydrogen) atoms. The van der Waals surface area contributed by atoms with Crippen LogP contribution in [0.2, 0.25) is 0 Å². The molecule has 2 atom stereocenters. The Morgan fingerprint density at radius 1 is 1.57 bits per heavy atom. The Hall–Kier alpha value is -0.260. The molecule has 0 fully saturated rings. The van der Waals surface area contributed by atoms with Crippen molar-refractivity contribution in [1.82, 2.24) is 0 Å². The molecule has 0 aliphatic carbocycles. The molecule has 0 radical (unpaired) electrons. The van der Waals surface area contributed by atoms with Gasteiger partial charge in [0.05, 0.1) is 19.1 Å². The zero-order valence-corrected chi connectivity index (χ0v) is 9.42. The van der Waals surface area contributed by atoms with Gasteiger partial charge in [0.25, 0.3) is 0 Å². The maximum atomic E-state index is 10.3. The quantitative estimate of drug-likeness (QED) is 0.641. The number of carbonyl (C=O) groups is 1. The molecule has 0 aromatic heterocycles. The van der Waals surface area contributed by atoms with Crippen LogP contribution in [0.5, 0.6) is 0 Å². The maximum absolute atomic E-state index is 10.3. The van der Waals surface area contributed by atoms with Crippen LogP contribution in [0.15, 0.2) is 0 Å². The van der Waals surface area contributed by atoms with Gasteiger partial charge in [-0.05, 0) is 6.92 Å². The maximum Gasteiger partial charge on any atom is 0.304 e. The van der Waals surface area contributed by atoms with Crippen LogP contribution in [0, 0.1) is 0 Å². The van der Waals surface area contributed by atoms with Gasteiger partial charge in [0.15, 0.2) is 0 Å². The van der Waals surface area contributed by atoms with Crippen molar-refractivity contribution in [3.63, 3.8) is 0 Å². The molecular weight excluding hydrogens is 204 g/mol. The monoisotopic (exact) mass is 222 g/mol. The van der Waals surface area contributed by atoms with Gasteiger partial charge in [0, 0.05) is 17.6 Å². The molecule has 0 aromatic carbocycles. The summed E-state index contributed by atoms with van der Waals surface area (Å²) in [6, 6.07) is 0. The highest BCUT2D eigenvalue weighted by Gasteiger charge is 2.11. The van der Waals surface area contributed by atoms with Gasteiger partial charge in [-0.3, -0.25) is 4.79 Å². The first-order valence-corrected chi connectivity index (χ1v) is 5.70. The Morgan fingerprint density at radius 3 is 2.71 bits per heavy atom.